The lowest BCUT2D eigenvalue weighted by Crippen LogP contribution is -2.40. The van der Waals surface area contributed by atoms with E-state index >= 15 is 0 Å². The zero-order valence-corrected chi connectivity index (χ0v) is 21.4. The van der Waals surface area contributed by atoms with Crippen molar-refractivity contribution in [3.05, 3.63) is 41.0 Å². The molecule has 2 aromatic rings. The van der Waals surface area contributed by atoms with Crippen LogP contribution < -0.4 is 23.7 Å². The van der Waals surface area contributed by atoms with Crippen molar-refractivity contribution < 1.29 is 42.7 Å². The quantitative estimate of drug-likeness (QED) is 0.391. The van der Waals surface area contributed by atoms with E-state index in [1.54, 1.807) is 21.3 Å². The van der Waals surface area contributed by atoms with Crippen molar-refractivity contribution in [2.24, 2.45) is 11.8 Å². The zero-order chi connectivity index (χ0) is 25.6. The predicted molar refractivity (Wildman–Crippen MR) is 128 cm³/mol. The van der Waals surface area contributed by atoms with Gasteiger partial charge >= 0.3 is 5.97 Å². The maximum atomic E-state index is 13.3. The lowest BCUT2D eigenvalue weighted by Gasteiger charge is -2.42. The highest BCUT2D eigenvalue weighted by Gasteiger charge is 2.54. The number of methoxy groups -OCH3 is 3. The molecule has 0 unspecified atom stereocenters. The Balaban J connectivity index is 1.71. The standard InChI is InChI=1S/C27H32O9/c1-7-35-27(2,3)36-24-16-11-19-18(33-13-34-19)10-15(16)22(23-17(24)12-32-26(23)28)14-8-20(29-4)25(31-6)21(9-14)30-5/h8-11,17,22-24H,7,12-13H2,1-6H3/t17-,22+,23-,24+/m0/s1. The van der Waals surface area contributed by atoms with E-state index in [2.05, 4.69) is 0 Å². The number of fused-ring (bicyclic) bond motifs is 3. The fourth-order valence-corrected chi connectivity index (χ4v) is 5.63. The summed E-state index contributed by atoms with van der Waals surface area (Å²) in [6.45, 7) is 6.54. The molecule has 1 saturated heterocycles. The highest BCUT2D eigenvalue weighted by Crippen LogP contribution is 2.57. The molecule has 2 aliphatic heterocycles. The number of cyclic esters (lactones) is 1. The van der Waals surface area contributed by atoms with E-state index in [4.69, 9.17) is 37.9 Å². The lowest BCUT2D eigenvalue weighted by atomic mass is 9.66. The van der Waals surface area contributed by atoms with Crippen molar-refractivity contribution >= 4 is 5.97 Å². The van der Waals surface area contributed by atoms with Crippen LogP contribution in [0.15, 0.2) is 24.3 Å². The van der Waals surface area contributed by atoms with Crippen molar-refractivity contribution in [3.8, 4) is 28.7 Å². The van der Waals surface area contributed by atoms with E-state index in [1.807, 2.05) is 45.0 Å². The number of carbonyl (C=O) groups is 1. The van der Waals surface area contributed by atoms with E-state index in [9.17, 15) is 4.79 Å². The van der Waals surface area contributed by atoms with Crippen LogP contribution in [0, 0.1) is 11.8 Å². The van der Waals surface area contributed by atoms with Gasteiger partial charge in [-0.2, -0.15) is 0 Å². The van der Waals surface area contributed by atoms with Gasteiger partial charge in [0.1, 0.15) is 0 Å². The molecule has 9 heteroatoms. The van der Waals surface area contributed by atoms with Crippen molar-refractivity contribution in [1.29, 1.82) is 0 Å². The number of hydrogen-bond donors (Lipinski definition) is 0. The van der Waals surface area contributed by atoms with Crippen LogP contribution in [0.4, 0.5) is 0 Å². The fraction of sp³-hybridized carbons (Fsp3) is 0.519. The first-order valence-corrected chi connectivity index (χ1v) is 12.0. The van der Waals surface area contributed by atoms with Crippen LogP contribution in [0.1, 0.15) is 49.5 Å². The first kappa shape index (κ1) is 24.5. The minimum Gasteiger partial charge on any atom is -0.493 e. The summed E-state index contributed by atoms with van der Waals surface area (Å²) >= 11 is 0. The molecule has 0 aromatic heterocycles. The van der Waals surface area contributed by atoms with Crippen LogP contribution in [0.2, 0.25) is 0 Å². The Kier molecular flexibility index (Phi) is 6.38. The Labute approximate surface area is 210 Å². The van der Waals surface area contributed by atoms with Gasteiger partial charge in [-0.1, -0.05) is 0 Å². The summed E-state index contributed by atoms with van der Waals surface area (Å²) in [6, 6.07) is 7.66. The molecule has 0 spiro atoms. The van der Waals surface area contributed by atoms with Crippen LogP contribution in [-0.4, -0.2) is 53.1 Å². The summed E-state index contributed by atoms with van der Waals surface area (Å²) in [6.07, 6.45) is -0.453. The second-order valence-electron chi connectivity index (χ2n) is 9.46. The van der Waals surface area contributed by atoms with Crippen molar-refractivity contribution in [3.63, 3.8) is 0 Å². The monoisotopic (exact) mass is 500 g/mol. The summed E-state index contributed by atoms with van der Waals surface area (Å²) in [7, 11) is 4.70. The van der Waals surface area contributed by atoms with E-state index in [1.165, 1.54) is 0 Å². The fourth-order valence-electron chi connectivity index (χ4n) is 5.63. The minimum absolute atomic E-state index is 0.137. The van der Waals surface area contributed by atoms with Gasteiger partial charge in [-0.25, -0.2) is 0 Å². The third-order valence-corrected chi connectivity index (χ3v) is 7.07. The predicted octanol–water partition coefficient (Wildman–Crippen LogP) is 4.21. The number of ether oxygens (including phenoxy) is 8. The first-order chi connectivity index (χ1) is 17.3. The van der Waals surface area contributed by atoms with Gasteiger partial charge in [0.25, 0.3) is 0 Å². The number of benzene rings is 2. The smallest absolute Gasteiger partial charge is 0.310 e. The van der Waals surface area contributed by atoms with E-state index in [0.717, 1.165) is 16.7 Å². The van der Waals surface area contributed by atoms with E-state index in [0.29, 0.717) is 35.4 Å². The highest BCUT2D eigenvalue weighted by molar-refractivity contribution is 5.79. The lowest BCUT2D eigenvalue weighted by molar-refractivity contribution is -0.250. The average Bonchev–Trinajstić information content (AvgIpc) is 3.48. The summed E-state index contributed by atoms with van der Waals surface area (Å²) < 4.78 is 46.2. The third-order valence-electron chi connectivity index (χ3n) is 7.07. The molecular weight excluding hydrogens is 468 g/mol. The Morgan fingerprint density at radius 1 is 0.917 bits per heavy atom. The van der Waals surface area contributed by atoms with Gasteiger partial charge in [0.15, 0.2) is 28.8 Å². The van der Waals surface area contributed by atoms with Gasteiger partial charge in [0.2, 0.25) is 12.5 Å². The summed E-state index contributed by atoms with van der Waals surface area (Å²) in [4.78, 5) is 13.3. The van der Waals surface area contributed by atoms with Crippen molar-refractivity contribution in [2.45, 2.75) is 38.6 Å². The average molecular weight is 501 g/mol. The maximum absolute atomic E-state index is 13.3. The molecule has 194 valence electrons. The summed E-state index contributed by atoms with van der Waals surface area (Å²) in [5, 5.41) is 0. The van der Waals surface area contributed by atoms with E-state index in [-0.39, 0.29) is 31.2 Å². The molecule has 36 heavy (non-hydrogen) atoms. The van der Waals surface area contributed by atoms with Gasteiger partial charge in [-0.3, -0.25) is 4.79 Å². The molecule has 0 amide bonds. The van der Waals surface area contributed by atoms with Crippen molar-refractivity contribution in [2.75, 3.05) is 41.3 Å². The molecule has 1 aliphatic carbocycles. The molecule has 1 fully saturated rings. The number of esters is 1. The van der Waals surface area contributed by atoms with Gasteiger partial charge in [0, 0.05) is 18.4 Å². The Hall–Kier alpha value is -3.17. The van der Waals surface area contributed by atoms with Gasteiger partial charge in [-0.15, -0.1) is 0 Å². The molecule has 0 N–H and O–H groups in total. The second-order valence-corrected chi connectivity index (χ2v) is 9.46. The second kappa shape index (κ2) is 9.37. The van der Waals surface area contributed by atoms with Crippen LogP contribution in [0.5, 0.6) is 28.7 Å². The third kappa shape index (κ3) is 4.00. The van der Waals surface area contributed by atoms with Gasteiger partial charge in [-0.05, 0) is 61.7 Å². The SMILES string of the molecule is CCOC(C)(C)O[C@@H]1c2cc3c(cc2[C@@H](c2cc(OC)c(OC)c(OC)c2)[C@H]2C(=O)OC[C@@H]21)OCO3. The summed E-state index contributed by atoms with van der Waals surface area (Å²) in [5.41, 5.74) is 2.64. The van der Waals surface area contributed by atoms with Crippen molar-refractivity contribution in [1.82, 2.24) is 0 Å². The Morgan fingerprint density at radius 2 is 1.56 bits per heavy atom. The molecule has 2 heterocycles. The highest BCUT2D eigenvalue weighted by atomic mass is 16.7. The molecule has 2 aromatic carbocycles. The Morgan fingerprint density at radius 3 is 2.14 bits per heavy atom. The van der Waals surface area contributed by atoms with Crippen LogP contribution in [-0.2, 0) is 19.0 Å². The molecule has 0 bridgehead atoms. The van der Waals surface area contributed by atoms with Gasteiger partial charge < -0.3 is 37.9 Å². The zero-order valence-electron chi connectivity index (χ0n) is 21.4. The maximum Gasteiger partial charge on any atom is 0.310 e. The first-order valence-electron chi connectivity index (χ1n) is 12.0. The molecule has 3 aliphatic rings. The minimum atomic E-state index is -0.872. The number of rotatable bonds is 8. The molecule has 4 atom stereocenters. The van der Waals surface area contributed by atoms with Gasteiger partial charge in [0.05, 0.1) is 40.0 Å². The van der Waals surface area contributed by atoms with Crippen LogP contribution >= 0.6 is 0 Å². The molecule has 9 nitrogen and oxygen atoms in total. The molecule has 0 radical (unpaired) electrons. The largest absolute Gasteiger partial charge is 0.493 e. The number of hydrogen-bond acceptors (Lipinski definition) is 9. The summed E-state index contributed by atoms with van der Waals surface area (Å²) in [5.74, 6) is 0.516. The van der Waals surface area contributed by atoms with Crippen LogP contribution in [0.3, 0.4) is 0 Å². The topological polar surface area (TPSA) is 90.9 Å². The molecular formula is C27H32O9. The number of carbonyl (C=O) groups excluding carboxylic acids is 1. The van der Waals surface area contributed by atoms with E-state index < -0.39 is 17.8 Å². The van der Waals surface area contributed by atoms with Crippen LogP contribution in [0.25, 0.3) is 0 Å². The molecule has 5 rings (SSSR count). The Bertz CT molecular complexity index is 1130. The molecule has 0 saturated carbocycles. The normalized spacial score (nSPS) is 24.1.